The number of carbonyl (C=O) groups excluding carboxylic acids is 1. The van der Waals surface area contributed by atoms with E-state index in [0.717, 1.165) is 18.3 Å². The molecular formula is C8H12OTe. The topological polar surface area (TPSA) is 17.1 Å². The molecule has 0 heterocycles. The quantitative estimate of drug-likeness (QED) is 0.540. The minimum atomic E-state index is 0.0289. The van der Waals surface area contributed by atoms with Gasteiger partial charge in [-0.25, -0.2) is 0 Å². The van der Waals surface area contributed by atoms with E-state index < -0.39 is 0 Å². The van der Waals surface area contributed by atoms with Gasteiger partial charge in [0.25, 0.3) is 0 Å². The number of rotatable bonds is 2. The van der Waals surface area contributed by atoms with Gasteiger partial charge in [0.15, 0.2) is 0 Å². The molecule has 2 heteroatoms. The predicted octanol–water partition coefficient (Wildman–Crippen LogP) is 1.77. The molecule has 10 heavy (non-hydrogen) atoms. The number of allylic oxidation sites excluding steroid dienone is 2. The van der Waals surface area contributed by atoms with Crippen molar-refractivity contribution in [3.8, 4) is 0 Å². The molecule has 0 saturated heterocycles. The summed E-state index contributed by atoms with van der Waals surface area (Å²) < 4.78 is 1.52. The molecule has 0 fully saturated rings. The second kappa shape index (κ2) is 4.16. The third-order valence-electron chi connectivity index (χ3n) is 1.85. The summed E-state index contributed by atoms with van der Waals surface area (Å²) in [6.45, 7) is 0. The third kappa shape index (κ3) is 1.84. The third-order valence-corrected chi connectivity index (χ3v) is 4.58. The molecule has 0 radical (unpaired) electrons. The van der Waals surface area contributed by atoms with Crippen LogP contribution in [-0.4, -0.2) is 27.2 Å². The van der Waals surface area contributed by atoms with Crippen molar-refractivity contribution in [1.82, 2.24) is 0 Å². The van der Waals surface area contributed by atoms with E-state index >= 15 is 0 Å². The van der Waals surface area contributed by atoms with Gasteiger partial charge in [0.05, 0.1) is 0 Å². The summed E-state index contributed by atoms with van der Waals surface area (Å²) in [5.74, 6) is 0. The molecule has 1 rings (SSSR count). The fourth-order valence-electron chi connectivity index (χ4n) is 1.26. The molecule has 0 amide bonds. The van der Waals surface area contributed by atoms with Gasteiger partial charge < -0.3 is 0 Å². The van der Waals surface area contributed by atoms with E-state index in [4.69, 9.17) is 0 Å². The van der Waals surface area contributed by atoms with E-state index in [1.54, 1.807) is 0 Å². The van der Waals surface area contributed by atoms with Gasteiger partial charge in [0, 0.05) is 0 Å². The van der Waals surface area contributed by atoms with Crippen molar-refractivity contribution in [3.05, 3.63) is 9.19 Å². The second-order valence-corrected chi connectivity index (χ2v) is 5.05. The normalized spacial score (nSPS) is 19.3. The standard InChI is InChI=1S/C8H12OTe/c1-10-8-5-3-2-4-7(8)6-9/h6H,2-5H2,1H3. The summed E-state index contributed by atoms with van der Waals surface area (Å²) in [7, 11) is 0. The molecule has 0 unspecified atom stereocenters. The van der Waals surface area contributed by atoms with Crippen LogP contribution in [0.2, 0.25) is 4.97 Å². The molecule has 0 N–H and O–H groups in total. The summed E-state index contributed by atoms with van der Waals surface area (Å²) in [5, 5.41) is 0. The van der Waals surface area contributed by atoms with Crippen LogP contribution in [0.1, 0.15) is 25.7 Å². The maximum absolute atomic E-state index is 10.5. The first-order chi connectivity index (χ1) is 4.88. The van der Waals surface area contributed by atoms with Crippen molar-refractivity contribution in [2.24, 2.45) is 0 Å². The summed E-state index contributed by atoms with van der Waals surface area (Å²) in [6, 6.07) is 0. The molecule has 56 valence electrons. The van der Waals surface area contributed by atoms with Crippen molar-refractivity contribution in [3.63, 3.8) is 0 Å². The molecular weight excluding hydrogens is 240 g/mol. The van der Waals surface area contributed by atoms with Gasteiger partial charge in [-0.15, -0.1) is 0 Å². The first-order valence-electron chi connectivity index (χ1n) is 3.59. The van der Waals surface area contributed by atoms with E-state index in [-0.39, 0.29) is 20.9 Å². The van der Waals surface area contributed by atoms with E-state index in [9.17, 15) is 4.79 Å². The van der Waals surface area contributed by atoms with E-state index in [1.807, 2.05) is 0 Å². The molecule has 0 saturated carbocycles. The molecule has 0 bridgehead atoms. The van der Waals surface area contributed by atoms with Crippen LogP contribution in [0.15, 0.2) is 9.19 Å². The number of hydrogen-bond acceptors (Lipinski definition) is 1. The second-order valence-electron chi connectivity index (χ2n) is 2.48. The zero-order chi connectivity index (χ0) is 7.40. The Morgan fingerprint density at radius 2 is 2.10 bits per heavy atom. The Morgan fingerprint density at radius 1 is 1.40 bits per heavy atom. The summed E-state index contributed by atoms with van der Waals surface area (Å²) in [4.78, 5) is 12.8. The maximum atomic E-state index is 10.5. The Hall–Kier alpha value is 0.200. The number of aldehydes is 1. The first-order valence-corrected chi connectivity index (χ1v) is 7.09. The van der Waals surface area contributed by atoms with Gasteiger partial charge in [0.1, 0.15) is 0 Å². The molecule has 0 atom stereocenters. The zero-order valence-corrected chi connectivity index (χ0v) is 8.55. The SMILES string of the molecule is C[Te]C1=C(C=O)CCCC1. The predicted molar refractivity (Wildman–Crippen MR) is 43.2 cm³/mol. The van der Waals surface area contributed by atoms with Gasteiger partial charge in [-0.05, 0) is 0 Å². The first kappa shape index (κ1) is 8.30. The Labute approximate surface area is 72.0 Å². The van der Waals surface area contributed by atoms with Crippen LogP contribution in [0.4, 0.5) is 0 Å². The Kier molecular flexibility index (Phi) is 3.45. The van der Waals surface area contributed by atoms with Crippen LogP contribution in [0.5, 0.6) is 0 Å². The molecule has 1 aliphatic rings. The van der Waals surface area contributed by atoms with Crippen LogP contribution in [0.25, 0.3) is 0 Å². The molecule has 0 aromatic carbocycles. The fourth-order valence-corrected chi connectivity index (χ4v) is 3.43. The molecule has 0 aliphatic heterocycles. The van der Waals surface area contributed by atoms with Gasteiger partial charge >= 0.3 is 71.9 Å². The monoisotopic (exact) mass is 254 g/mol. The van der Waals surface area contributed by atoms with Crippen molar-refractivity contribution in [2.45, 2.75) is 30.7 Å². The average Bonchev–Trinajstić information content (AvgIpc) is 2.04. The van der Waals surface area contributed by atoms with Crippen LogP contribution >= 0.6 is 0 Å². The summed E-state index contributed by atoms with van der Waals surface area (Å²) in [5.41, 5.74) is 1.14. The van der Waals surface area contributed by atoms with Gasteiger partial charge in [-0.2, -0.15) is 0 Å². The van der Waals surface area contributed by atoms with E-state index in [0.29, 0.717) is 0 Å². The molecule has 0 spiro atoms. The molecule has 1 aliphatic carbocycles. The number of carbonyl (C=O) groups is 1. The van der Waals surface area contributed by atoms with E-state index in [1.165, 1.54) is 22.9 Å². The number of hydrogen-bond donors (Lipinski definition) is 0. The average molecular weight is 252 g/mol. The zero-order valence-electron chi connectivity index (χ0n) is 6.22. The van der Waals surface area contributed by atoms with E-state index in [2.05, 4.69) is 4.97 Å². The Morgan fingerprint density at radius 3 is 2.60 bits per heavy atom. The molecule has 1 nitrogen and oxygen atoms in total. The van der Waals surface area contributed by atoms with Crippen LogP contribution in [-0.2, 0) is 4.79 Å². The molecule has 0 aromatic rings. The van der Waals surface area contributed by atoms with Crippen molar-refractivity contribution in [1.29, 1.82) is 0 Å². The van der Waals surface area contributed by atoms with Crippen molar-refractivity contribution >= 4 is 27.2 Å². The summed E-state index contributed by atoms with van der Waals surface area (Å²) >= 11 is 0.0289. The van der Waals surface area contributed by atoms with Crippen molar-refractivity contribution in [2.75, 3.05) is 0 Å². The fraction of sp³-hybridized carbons (Fsp3) is 0.625. The molecule has 0 aromatic heterocycles. The van der Waals surface area contributed by atoms with Gasteiger partial charge in [0.2, 0.25) is 0 Å². The van der Waals surface area contributed by atoms with Crippen LogP contribution in [0, 0.1) is 0 Å². The van der Waals surface area contributed by atoms with Gasteiger partial charge in [-0.1, -0.05) is 0 Å². The summed E-state index contributed by atoms with van der Waals surface area (Å²) in [6.07, 6.45) is 5.88. The Balaban J connectivity index is 2.72. The Bertz CT molecular complexity index is 161. The van der Waals surface area contributed by atoms with Crippen LogP contribution < -0.4 is 0 Å². The minimum absolute atomic E-state index is 0.0289. The van der Waals surface area contributed by atoms with Crippen LogP contribution in [0.3, 0.4) is 0 Å². The van der Waals surface area contributed by atoms with Crippen molar-refractivity contribution < 1.29 is 4.79 Å². The van der Waals surface area contributed by atoms with Gasteiger partial charge in [-0.3, -0.25) is 0 Å².